The van der Waals surface area contributed by atoms with Gasteiger partial charge in [-0.1, -0.05) is 0 Å². The second-order valence-electron chi connectivity index (χ2n) is 2.44. The average Bonchev–Trinajstić information content (AvgIpc) is 1.99. The standard InChI is InChI=1S/C6H13FN2O2/c7-3-4(8)1-2-5(9)6(10)11/h4-5H,1-3,8-9H2,(H,10,11)/t4-,5+/m1/s1/i7-1. The first-order valence-electron chi connectivity index (χ1n) is 3.38. The van der Waals surface area contributed by atoms with E-state index >= 15 is 0 Å². The van der Waals surface area contributed by atoms with Gasteiger partial charge in [-0.15, -0.1) is 0 Å². The highest BCUT2D eigenvalue weighted by molar-refractivity contribution is 5.72. The highest BCUT2D eigenvalue weighted by atomic mass is 18.2. The van der Waals surface area contributed by atoms with Crippen molar-refractivity contribution < 1.29 is 14.3 Å². The summed E-state index contributed by atoms with van der Waals surface area (Å²) in [6.45, 7) is -0.633. The van der Waals surface area contributed by atoms with Gasteiger partial charge in [-0.3, -0.25) is 4.79 Å². The van der Waals surface area contributed by atoms with Crippen LogP contribution >= 0.6 is 0 Å². The third-order valence-corrected chi connectivity index (χ3v) is 1.36. The van der Waals surface area contributed by atoms with Crippen LogP contribution in [0.25, 0.3) is 0 Å². The van der Waals surface area contributed by atoms with E-state index in [0.29, 0.717) is 6.42 Å². The number of aliphatic carboxylic acids is 1. The Morgan fingerprint density at radius 1 is 1.45 bits per heavy atom. The van der Waals surface area contributed by atoms with E-state index in [1.165, 1.54) is 0 Å². The van der Waals surface area contributed by atoms with Crippen molar-refractivity contribution in [3.63, 3.8) is 0 Å². The predicted molar refractivity (Wildman–Crippen MR) is 38.8 cm³/mol. The van der Waals surface area contributed by atoms with E-state index in [-0.39, 0.29) is 6.42 Å². The Morgan fingerprint density at radius 2 is 2.00 bits per heavy atom. The molecule has 0 aliphatic rings. The molecule has 0 aromatic carbocycles. The Kier molecular flexibility index (Phi) is 4.72. The molecule has 0 bridgehead atoms. The van der Waals surface area contributed by atoms with Crippen molar-refractivity contribution in [2.75, 3.05) is 6.67 Å². The molecule has 2 atom stereocenters. The van der Waals surface area contributed by atoms with Gasteiger partial charge in [0.05, 0.1) is 0 Å². The summed E-state index contributed by atoms with van der Waals surface area (Å²) in [7, 11) is 0. The summed E-state index contributed by atoms with van der Waals surface area (Å²) in [6, 6.07) is -1.51. The highest BCUT2D eigenvalue weighted by Crippen LogP contribution is 1.98. The fourth-order valence-electron chi connectivity index (χ4n) is 0.594. The SMILES string of the molecule is N[C@@H](C[18F])CC[C@H](N)C(=O)O. The molecule has 0 aromatic heterocycles. The van der Waals surface area contributed by atoms with Gasteiger partial charge < -0.3 is 16.6 Å². The van der Waals surface area contributed by atoms with E-state index in [9.17, 15) is 9.18 Å². The molecule has 4 nitrogen and oxygen atoms in total. The lowest BCUT2D eigenvalue weighted by molar-refractivity contribution is -0.138. The minimum Gasteiger partial charge on any atom is -0.480 e. The number of halogens is 1. The molecule has 0 aliphatic heterocycles. The third-order valence-electron chi connectivity index (χ3n) is 1.36. The molecule has 0 radical (unpaired) electrons. The summed E-state index contributed by atoms with van der Waals surface area (Å²) in [5.74, 6) is -1.07. The van der Waals surface area contributed by atoms with Crippen molar-refractivity contribution >= 4 is 5.97 Å². The normalized spacial score (nSPS) is 15.9. The van der Waals surface area contributed by atoms with Gasteiger partial charge >= 0.3 is 5.97 Å². The van der Waals surface area contributed by atoms with Gasteiger partial charge in [0.15, 0.2) is 0 Å². The van der Waals surface area contributed by atoms with Crippen LogP contribution in [0.3, 0.4) is 0 Å². The van der Waals surface area contributed by atoms with Crippen LogP contribution in [0, 0.1) is 0 Å². The van der Waals surface area contributed by atoms with Crippen molar-refractivity contribution in [3.8, 4) is 0 Å². The van der Waals surface area contributed by atoms with E-state index < -0.39 is 24.7 Å². The van der Waals surface area contributed by atoms with Crippen LogP contribution < -0.4 is 11.5 Å². The number of alkyl halides is 1. The van der Waals surface area contributed by atoms with Crippen molar-refractivity contribution in [2.24, 2.45) is 11.5 Å². The van der Waals surface area contributed by atoms with Gasteiger partial charge in [-0.25, -0.2) is 4.39 Å². The quantitative estimate of drug-likeness (QED) is 0.508. The lowest BCUT2D eigenvalue weighted by atomic mass is 10.1. The zero-order chi connectivity index (χ0) is 8.85. The zero-order valence-corrected chi connectivity index (χ0v) is 6.16. The van der Waals surface area contributed by atoms with E-state index in [1.807, 2.05) is 0 Å². The van der Waals surface area contributed by atoms with Gasteiger partial charge in [0.2, 0.25) is 0 Å². The van der Waals surface area contributed by atoms with Gasteiger partial charge in [-0.2, -0.15) is 0 Å². The molecule has 0 spiro atoms. The van der Waals surface area contributed by atoms with Gasteiger partial charge in [-0.05, 0) is 12.8 Å². The number of carboxylic acids is 1. The molecule has 0 saturated heterocycles. The van der Waals surface area contributed by atoms with Crippen LogP contribution in [0.5, 0.6) is 0 Å². The van der Waals surface area contributed by atoms with Crippen LogP contribution in [0.4, 0.5) is 4.39 Å². The number of carbonyl (C=O) groups is 1. The second-order valence-corrected chi connectivity index (χ2v) is 2.44. The summed E-state index contributed by atoms with van der Waals surface area (Å²) in [5.41, 5.74) is 10.3. The van der Waals surface area contributed by atoms with E-state index in [0.717, 1.165) is 0 Å². The Morgan fingerprint density at radius 3 is 2.36 bits per heavy atom. The Labute approximate surface area is 64.4 Å². The van der Waals surface area contributed by atoms with Crippen molar-refractivity contribution in [1.82, 2.24) is 0 Å². The van der Waals surface area contributed by atoms with Crippen LogP contribution in [0.1, 0.15) is 12.8 Å². The maximum absolute atomic E-state index is 11.7. The number of nitrogens with two attached hydrogens (primary N) is 2. The third kappa shape index (κ3) is 4.69. The smallest absolute Gasteiger partial charge is 0.320 e. The molecular formula is C6H13FN2O2. The molecule has 66 valence electrons. The van der Waals surface area contributed by atoms with Gasteiger partial charge in [0.1, 0.15) is 12.7 Å². The minimum absolute atomic E-state index is 0.223. The van der Waals surface area contributed by atoms with E-state index in [2.05, 4.69) is 0 Å². The largest absolute Gasteiger partial charge is 0.480 e. The van der Waals surface area contributed by atoms with Gasteiger partial charge in [0, 0.05) is 6.04 Å². The molecule has 5 N–H and O–H groups in total. The second kappa shape index (κ2) is 5.03. The molecule has 5 heteroatoms. The first-order chi connectivity index (χ1) is 5.07. The Hall–Kier alpha value is -0.680. The Bertz CT molecular complexity index is 132. The zero-order valence-electron chi connectivity index (χ0n) is 6.16. The number of hydrogen-bond donors (Lipinski definition) is 3. The first-order valence-corrected chi connectivity index (χ1v) is 3.38. The Balaban J connectivity index is 3.45. The topological polar surface area (TPSA) is 89.3 Å². The van der Waals surface area contributed by atoms with Crippen molar-refractivity contribution in [2.45, 2.75) is 24.9 Å². The lowest BCUT2D eigenvalue weighted by Gasteiger charge is -2.08. The monoisotopic (exact) mass is 163 g/mol. The first kappa shape index (κ1) is 10.3. The molecule has 0 saturated carbocycles. The minimum atomic E-state index is -1.07. The molecule has 0 aliphatic carbocycles. The average molecular weight is 163 g/mol. The highest BCUT2D eigenvalue weighted by Gasteiger charge is 2.12. The maximum atomic E-state index is 11.7. The molecule has 0 fully saturated rings. The maximum Gasteiger partial charge on any atom is 0.320 e. The van der Waals surface area contributed by atoms with E-state index in [4.69, 9.17) is 16.6 Å². The number of carboxylic acid groups (broad SMARTS) is 1. The van der Waals surface area contributed by atoms with Gasteiger partial charge in [0.25, 0.3) is 0 Å². The summed E-state index contributed by atoms with van der Waals surface area (Å²) in [6.07, 6.45) is 0.532. The summed E-state index contributed by atoms with van der Waals surface area (Å²) < 4.78 is 11.7. The predicted octanol–water partition coefficient (Wildman–Crippen LogP) is -0.525. The van der Waals surface area contributed by atoms with Crippen LogP contribution in [-0.4, -0.2) is 29.8 Å². The van der Waals surface area contributed by atoms with Crippen molar-refractivity contribution in [1.29, 1.82) is 0 Å². The number of rotatable bonds is 5. The molecule has 0 rings (SSSR count). The summed E-state index contributed by atoms with van der Waals surface area (Å²) in [5, 5.41) is 8.31. The fourth-order valence-corrected chi connectivity index (χ4v) is 0.594. The van der Waals surface area contributed by atoms with Crippen LogP contribution in [0.15, 0.2) is 0 Å². The molecule has 11 heavy (non-hydrogen) atoms. The molecule has 0 heterocycles. The molecular weight excluding hydrogens is 150 g/mol. The van der Waals surface area contributed by atoms with Crippen LogP contribution in [0.2, 0.25) is 0 Å². The summed E-state index contributed by atoms with van der Waals surface area (Å²) >= 11 is 0. The fraction of sp³-hybridized carbons (Fsp3) is 0.833. The van der Waals surface area contributed by atoms with Crippen LogP contribution in [-0.2, 0) is 4.79 Å². The lowest BCUT2D eigenvalue weighted by Crippen LogP contribution is -2.33. The molecule has 0 amide bonds. The van der Waals surface area contributed by atoms with Crippen molar-refractivity contribution in [3.05, 3.63) is 0 Å². The van der Waals surface area contributed by atoms with E-state index in [1.54, 1.807) is 0 Å². The number of hydrogen-bond acceptors (Lipinski definition) is 3. The molecule has 0 aromatic rings. The summed E-state index contributed by atoms with van der Waals surface area (Å²) in [4.78, 5) is 10.1. The molecule has 0 unspecified atom stereocenters.